The smallest absolute Gasteiger partial charge is 0.224 e. The zero-order valence-corrected chi connectivity index (χ0v) is 12.7. The van der Waals surface area contributed by atoms with E-state index in [1.807, 2.05) is 30.3 Å². The van der Waals surface area contributed by atoms with Crippen molar-refractivity contribution in [3.8, 4) is 0 Å². The standard InChI is InChI=1S/C16H15Cl2NO2/c17-13-7-6-12(14(18)9-13)8-16(21)19-10-15(20)11-4-2-1-3-5-11/h1-7,9,15,20H,8,10H2,(H,19,21). The van der Waals surface area contributed by atoms with Crippen molar-refractivity contribution in [2.24, 2.45) is 0 Å². The van der Waals surface area contributed by atoms with Gasteiger partial charge in [0.2, 0.25) is 5.91 Å². The molecule has 1 atom stereocenters. The minimum atomic E-state index is -0.726. The van der Waals surface area contributed by atoms with E-state index in [-0.39, 0.29) is 18.9 Å². The van der Waals surface area contributed by atoms with Gasteiger partial charge in [-0.2, -0.15) is 0 Å². The lowest BCUT2D eigenvalue weighted by Crippen LogP contribution is -2.29. The van der Waals surface area contributed by atoms with Crippen LogP contribution in [-0.4, -0.2) is 17.6 Å². The molecule has 0 heterocycles. The molecule has 2 N–H and O–H groups in total. The summed E-state index contributed by atoms with van der Waals surface area (Å²) < 4.78 is 0. The second-order valence-electron chi connectivity index (χ2n) is 4.64. The first kappa shape index (κ1) is 15.8. The molecule has 1 unspecified atom stereocenters. The van der Waals surface area contributed by atoms with Gasteiger partial charge in [-0.15, -0.1) is 0 Å². The largest absolute Gasteiger partial charge is 0.387 e. The first-order valence-electron chi connectivity index (χ1n) is 6.50. The molecule has 21 heavy (non-hydrogen) atoms. The second-order valence-corrected chi connectivity index (χ2v) is 5.49. The van der Waals surface area contributed by atoms with E-state index in [1.54, 1.807) is 18.2 Å². The maximum atomic E-state index is 11.9. The summed E-state index contributed by atoms with van der Waals surface area (Å²) in [6.07, 6.45) is -0.576. The number of carbonyl (C=O) groups is 1. The summed E-state index contributed by atoms with van der Waals surface area (Å²) in [7, 11) is 0. The fourth-order valence-corrected chi connectivity index (χ4v) is 2.38. The molecule has 2 aromatic carbocycles. The molecule has 0 aliphatic carbocycles. The van der Waals surface area contributed by atoms with Gasteiger partial charge in [-0.3, -0.25) is 4.79 Å². The second kappa shape index (κ2) is 7.46. The van der Waals surface area contributed by atoms with Crippen LogP contribution in [0.3, 0.4) is 0 Å². The molecule has 0 fully saturated rings. The quantitative estimate of drug-likeness (QED) is 0.886. The SMILES string of the molecule is O=C(Cc1ccc(Cl)cc1Cl)NCC(O)c1ccccc1. The van der Waals surface area contributed by atoms with Gasteiger partial charge in [0.05, 0.1) is 12.5 Å². The maximum Gasteiger partial charge on any atom is 0.224 e. The molecule has 0 bridgehead atoms. The Bertz CT molecular complexity index is 617. The molecule has 2 aromatic rings. The maximum absolute atomic E-state index is 11.9. The van der Waals surface area contributed by atoms with E-state index in [1.165, 1.54) is 0 Å². The topological polar surface area (TPSA) is 49.3 Å². The Morgan fingerprint density at radius 2 is 1.86 bits per heavy atom. The average Bonchev–Trinajstić information content (AvgIpc) is 2.48. The highest BCUT2D eigenvalue weighted by molar-refractivity contribution is 6.35. The van der Waals surface area contributed by atoms with Crippen molar-refractivity contribution in [2.45, 2.75) is 12.5 Å². The van der Waals surface area contributed by atoms with Gasteiger partial charge in [0.25, 0.3) is 0 Å². The fourth-order valence-electron chi connectivity index (χ4n) is 1.90. The predicted octanol–water partition coefficient (Wildman–Crippen LogP) is 3.39. The van der Waals surface area contributed by atoms with Crippen LogP contribution in [-0.2, 0) is 11.2 Å². The van der Waals surface area contributed by atoms with Crippen molar-refractivity contribution in [3.05, 3.63) is 69.7 Å². The minimum absolute atomic E-state index is 0.150. The molecule has 5 heteroatoms. The highest BCUT2D eigenvalue weighted by Gasteiger charge is 2.11. The van der Waals surface area contributed by atoms with E-state index in [0.717, 1.165) is 5.56 Å². The number of amides is 1. The Labute approximate surface area is 133 Å². The third-order valence-electron chi connectivity index (χ3n) is 3.04. The first-order valence-corrected chi connectivity index (χ1v) is 7.25. The van der Waals surface area contributed by atoms with Gasteiger partial charge < -0.3 is 10.4 Å². The highest BCUT2D eigenvalue weighted by Crippen LogP contribution is 2.21. The van der Waals surface area contributed by atoms with Crippen molar-refractivity contribution < 1.29 is 9.90 Å². The van der Waals surface area contributed by atoms with Gasteiger partial charge in [0.1, 0.15) is 0 Å². The van der Waals surface area contributed by atoms with Crippen LogP contribution in [0.5, 0.6) is 0 Å². The van der Waals surface area contributed by atoms with Crippen LogP contribution < -0.4 is 5.32 Å². The van der Waals surface area contributed by atoms with E-state index < -0.39 is 6.10 Å². The van der Waals surface area contributed by atoms with E-state index in [2.05, 4.69) is 5.32 Å². The third-order valence-corrected chi connectivity index (χ3v) is 3.63. The van der Waals surface area contributed by atoms with E-state index >= 15 is 0 Å². The van der Waals surface area contributed by atoms with E-state index in [9.17, 15) is 9.90 Å². The van der Waals surface area contributed by atoms with Crippen molar-refractivity contribution in [1.82, 2.24) is 5.32 Å². The number of hydrogen-bond acceptors (Lipinski definition) is 2. The monoisotopic (exact) mass is 323 g/mol. The Hall–Kier alpha value is -1.55. The van der Waals surface area contributed by atoms with Crippen LogP contribution in [0.1, 0.15) is 17.2 Å². The van der Waals surface area contributed by atoms with Gasteiger partial charge in [0.15, 0.2) is 0 Å². The lowest BCUT2D eigenvalue weighted by Gasteiger charge is -2.12. The Balaban J connectivity index is 1.87. The molecule has 1 amide bonds. The number of benzene rings is 2. The van der Waals surface area contributed by atoms with Gasteiger partial charge in [-0.05, 0) is 23.3 Å². The molecule has 0 spiro atoms. The summed E-state index contributed by atoms with van der Waals surface area (Å²) in [6.45, 7) is 0.161. The first-order chi connectivity index (χ1) is 10.1. The van der Waals surface area contributed by atoms with Crippen LogP contribution >= 0.6 is 23.2 Å². The van der Waals surface area contributed by atoms with E-state index in [0.29, 0.717) is 15.6 Å². The molecule has 3 nitrogen and oxygen atoms in total. The van der Waals surface area contributed by atoms with Crippen molar-refractivity contribution in [2.75, 3.05) is 6.54 Å². The van der Waals surface area contributed by atoms with Crippen molar-refractivity contribution in [3.63, 3.8) is 0 Å². The molecule has 0 aliphatic heterocycles. The highest BCUT2D eigenvalue weighted by atomic mass is 35.5. The number of hydrogen-bond donors (Lipinski definition) is 2. The van der Waals surface area contributed by atoms with Gasteiger partial charge in [-0.1, -0.05) is 59.6 Å². The number of rotatable bonds is 5. The molecular weight excluding hydrogens is 309 g/mol. The Morgan fingerprint density at radius 1 is 1.14 bits per heavy atom. The normalized spacial score (nSPS) is 12.0. The number of aliphatic hydroxyl groups is 1. The van der Waals surface area contributed by atoms with Crippen LogP contribution in [0.2, 0.25) is 10.0 Å². The number of aliphatic hydroxyl groups excluding tert-OH is 1. The third kappa shape index (κ3) is 4.74. The molecule has 0 aromatic heterocycles. The summed E-state index contributed by atoms with van der Waals surface area (Å²) in [6, 6.07) is 14.2. The predicted molar refractivity (Wildman–Crippen MR) is 84.6 cm³/mol. The fraction of sp³-hybridized carbons (Fsp3) is 0.188. The van der Waals surface area contributed by atoms with Gasteiger partial charge in [-0.25, -0.2) is 0 Å². The summed E-state index contributed by atoms with van der Waals surface area (Å²) in [5.74, 6) is -0.200. The summed E-state index contributed by atoms with van der Waals surface area (Å²) in [4.78, 5) is 11.9. The molecule has 0 aliphatic rings. The Kier molecular flexibility index (Phi) is 5.62. The lowest BCUT2D eigenvalue weighted by molar-refractivity contribution is -0.120. The van der Waals surface area contributed by atoms with Gasteiger partial charge >= 0.3 is 0 Å². The molecule has 0 saturated carbocycles. The van der Waals surface area contributed by atoms with Crippen LogP contribution in [0, 0.1) is 0 Å². The van der Waals surface area contributed by atoms with Gasteiger partial charge in [0, 0.05) is 16.6 Å². The summed E-state index contributed by atoms with van der Waals surface area (Å²) >= 11 is 11.8. The zero-order valence-electron chi connectivity index (χ0n) is 11.2. The number of halogens is 2. The molecular formula is C16H15Cl2NO2. The summed E-state index contributed by atoms with van der Waals surface area (Å²) in [5, 5.41) is 13.6. The van der Waals surface area contributed by atoms with Crippen LogP contribution in [0.15, 0.2) is 48.5 Å². The minimum Gasteiger partial charge on any atom is -0.387 e. The molecule has 0 saturated heterocycles. The van der Waals surface area contributed by atoms with Crippen LogP contribution in [0.4, 0.5) is 0 Å². The van der Waals surface area contributed by atoms with Crippen LogP contribution in [0.25, 0.3) is 0 Å². The average molecular weight is 324 g/mol. The number of carbonyl (C=O) groups excluding carboxylic acids is 1. The summed E-state index contributed by atoms with van der Waals surface area (Å²) in [5.41, 5.74) is 1.47. The number of nitrogens with one attached hydrogen (secondary N) is 1. The van der Waals surface area contributed by atoms with Crippen molar-refractivity contribution >= 4 is 29.1 Å². The molecule has 2 rings (SSSR count). The zero-order chi connectivity index (χ0) is 15.2. The van der Waals surface area contributed by atoms with Crippen molar-refractivity contribution in [1.29, 1.82) is 0 Å². The Morgan fingerprint density at radius 3 is 2.52 bits per heavy atom. The van der Waals surface area contributed by atoms with E-state index in [4.69, 9.17) is 23.2 Å². The lowest BCUT2D eigenvalue weighted by atomic mass is 10.1. The molecule has 0 radical (unpaired) electrons. The molecule has 110 valence electrons.